The summed E-state index contributed by atoms with van der Waals surface area (Å²) in [6, 6.07) is 18.0. The first kappa shape index (κ1) is 28.1. The molecule has 0 fully saturated rings. The molecule has 0 aliphatic carbocycles. The van der Waals surface area contributed by atoms with Crippen molar-refractivity contribution in [1.29, 1.82) is 0 Å². The van der Waals surface area contributed by atoms with Crippen molar-refractivity contribution in [3.8, 4) is 22.3 Å². The molecule has 0 bridgehead atoms. The van der Waals surface area contributed by atoms with Gasteiger partial charge in [-0.15, -0.1) is 0 Å². The van der Waals surface area contributed by atoms with E-state index in [0.717, 1.165) is 0 Å². The number of hydrogen-bond donors (Lipinski definition) is 6. The Kier molecular flexibility index (Phi) is 9.70. The Morgan fingerprint density at radius 2 is 1.06 bits per heavy atom. The number of hydrogen-bond acceptors (Lipinski definition) is 6. The molecule has 0 aliphatic rings. The van der Waals surface area contributed by atoms with Crippen LogP contribution in [0.2, 0.25) is 0 Å². The van der Waals surface area contributed by atoms with E-state index >= 15 is 0 Å². The first-order valence-electron chi connectivity index (χ1n) is 9.11. The van der Waals surface area contributed by atoms with Gasteiger partial charge in [0.05, 0.1) is 9.79 Å². The quantitative estimate of drug-likeness (QED) is 0.117. The van der Waals surface area contributed by atoms with Crippen LogP contribution in [0.15, 0.2) is 82.6 Å². The molecule has 3 aromatic rings. The molecule has 0 radical (unpaired) electrons. The average Bonchev–Trinajstić information content (AvgIpc) is 2.72. The molecule has 0 atom stereocenters. The second kappa shape index (κ2) is 11.8. The van der Waals surface area contributed by atoms with Crippen LogP contribution in [0.5, 0.6) is 0 Å². The van der Waals surface area contributed by atoms with Crippen LogP contribution in [-0.4, -0.2) is 37.9 Å². The molecule has 0 aromatic heterocycles. The van der Waals surface area contributed by atoms with Gasteiger partial charge in [-0.1, -0.05) is 48.5 Å². The van der Waals surface area contributed by atoms with E-state index in [1.807, 2.05) is 0 Å². The molecule has 12 N–H and O–H groups in total. The maximum atomic E-state index is 11.6. The Bertz CT molecular complexity index is 1340. The van der Waals surface area contributed by atoms with E-state index < -0.39 is 20.2 Å². The molecule has 0 heterocycles. The van der Waals surface area contributed by atoms with Gasteiger partial charge in [0, 0.05) is 0 Å². The smallest absolute Gasteiger partial charge is 0.336 e. The van der Waals surface area contributed by atoms with Gasteiger partial charge in [0.1, 0.15) is 20.2 Å². The summed E-state index contributed by atoms with van der Waals surface area (Å²) in [4.78, 5) is -0.700. The molecule has 34 heavy (non-hydrogen) atoms. The van der Waals surface area contributed by atoms with Crippen LogP contribution in [0.3, 0.4) is 0 Å². The van der Waals surface area contributed by atoms with Crippen molar-refractivity contribution < 1.29 is 36.8 Å². The molecule has 0 saturated heterocycles. The summed E-state index contributed by atoms with van der Waals surface area (Å²) in [5.41, 5.74) is 20.3. The Labute approximate surface area is 196 Å². The van der Waals surface area contributed by atoms with E-state index in [4.69, 9.17) is 0 Å². The second-order valence-corrected chi connectivity index (χ2v) is 9.24. The summed E-state index contributed by atoms with van der Waals surface area (Å²) in [6.45, 7) is 0. The van der Waals surface area contributed by atoms with Gasteiger partial charge in [-0.05, 0) is 46.5 Å². The van der Waals surface area contributed by atoms with Crippen LogP contribution < -0.4 is 33.8 Å². The first-order chi connectivity index (χ1) is 15.6. The second-order valence-electron chi connectivity index (χ2n) is 6.51. The van der Waals surface area contributed by atoms with E-state index in [1.54, 1.807) is 36.4 Å². The van der Waals surface area contributed by atoms with Crippen molar-refractivity contribution in [2.75, 3.05) is 0 Å². The molecular formula is C20H24N6O6S2. The van der Waals surface area contributed by atoms with Gasteiger partial charge in [0.15, 0.2) is 0 Å². The molecule has 182 valence electrons. The highest BCUT2D eigenvalue weighted by atomic mass is 32.2. The van der Waals surface area contributed by atoms with Crippen LogP contribution >= 0.6 is 0 Å². The van der Waals surface area contributed by atoms with Gasteiger partial charge >= 0.3 is 11.9 Å². The normalized spacial score (nSPS) is 10.6. The molecule has 0 unspecified atom stereocenters. The lowest BCUT2D eigenvalue weighted by Crippen LogP contribution is -2.51. The third kappa shape index (κ3) is 9.25. The molecule has 14 heteroatoms. The zero-order valence-electron chi connectivity index (χ0n) is 17.7. The molecule has 0 aliphatic heterocycles. The molecule has 3 rings (SSSR count). The van der Waals surface area contributed by atoms with Crippen molar-refractivity contribution in [3.63, 3.8) is 0 Å². The summed E-state index contributed by atoms with van der Waals surface area (Å²) in [7, 11) is -9.23. The van der Waals surface area contributed by atoms with Gasteiger partial charge in [-0.3, -0.25) is 33.8 Å². The highest BCUT2D eigenvalue weighted by molar-refractivity contribution is 7.86. The summed E-state index contributed by atoms with van der Waals surface area (Å²) in [5.74, 6) is -0.167. The minimum absolute atomic E-state index is 0.0833. The third-order valence-electron chi connectivity index (χ3n) is 3.81. The number of nitrogens with two attached hydrogens (primary N) is 6. The van der Waals surface area contributed by atoms with Crippen LogP contribution in [0.4, 0.5) is 0 Å². The first-order valence-corrected chi connectivity index (χ1v) is 11.9. The van der Waals surface area contributed by atoms with Gasteiger partial charge in [0.25, 0.3) is 0 Å². The lowest BCUT2D eigenvalue weighted by molar-refractivity contribution is -0.117. The molecular weight excluding hydrogens is 484 g/mol. The zero-order chi connectivity index (χ0) is 26.1. The Hall–Kier alpha value is -3.98. The van der Waals surface area contributed by atoms with E-state index in [9.17, 15) is 25.9 Å². The molecule has 0 amide bonds. The highest BCUT2D eigenvalue weighted by Crippen LogP contribution is 2.32. The SMILES string of the molecule is NC(N)=[NH2+].NC(N)=[NH2+].O=S(=O)([O-])c1ccc(-c2ccc(S(=O)(=O)[O-])c(-c3ccccc3)c2)cc1. The van der Waals surface area contributed by atoms with Crippen molar-refractivity contribution in [2.24, 2.45) is 22.9 Å². The van der Waals surface area contributed by atoms with Crippen LogP contribution in [0.1, 0.15) is 0 Å². The summed E-state index contributed by atoms with van der Waals surface area (Å²) in [5, 5.41) is 9.17. The van der Waals surface area contributed by atoms with Crippen LogP contribution in [0, 0.1) is 0 Å². The predicted octanol–water partition coefficient (Wildman–Crippen LogP) is -3.13. The Morgan fingerprint density at radius 1 is 0.618 bits per heavy atom. The van der Waals surface area contributed by atoms with Crippen molar-refractivity contribution in [3.05, 3.63) is 72.8 Å². The van der Waals surface area contributed by atoms with Crippen LogP contribution in [0.25, 0.3) is 22.3 Å². The zero-order valence-corrected chi connectivity index (χ0v) is 19.3. The molecule has 3 aromatic carbocycles. The van der Waals surface area contributed by atoms with Gasteiger partial charge < -0.3 is 9.11 Å². The average molecular weight is 509 g/mol. The summed E-state index contributed by atoms with van der Waals surface area (Å²) >= 11 is 0. The lowest BCUT2D eigenvalue weighted by atomic mass is 9.99. The van der Waals surface area contributed by atoms with E-state index in [2.05, 4.69) is 33.8 Å². The van der Waals surface area contributed by atoms with Crippen molar-refractivity contribution >= 4 is 32.2 Å². The van der Waals surface area contributed by atoms with Crippen LogP contribution in [-0.2, 0) is 20.2 Å². The summed E-state index contributed by atoms with van der Waals surface area (Å²) in [6.07, 6.45) is 0. The minimum atomic E-state index is -4.68. The standard InChI is InChI=1S/C18H14O6S2.2CH5N3/c19-25(20,21)16-9-6-13(7-10-16)15-8-11-18(26(22,23)24)17(12-15)14-4-2-1-3-5-14;2*2-1(3)4/h1-12H,(H,19,20,21)(H,22,23,24);2*(H5,2,3,4). The van der Waals surface area contributed by atoms with Gasteiger partial charge in [-0.25, -0.2) is 16.8 Å². The van der Waals surface area contributed by atoms with Gasteiger partial charge in [0.2, 0.25) is 0 Å². The largest absolute Gasteiger partial charge is 0.744 e. The number of guanidine groups is 2. The molecule has 0 saturated carbocycles. The third-order valence-corrected chi connectivity index (χ3v) is 5.55. The monoisotopic (exact) mass is 508 g/mol. The van der Waals surface area contributed by atoms with E-state index in [0.29, 0.717) is 16.7 Å². The Morgan fingerprint density at radius 3 is 1.47 bits per heavy atom. The topological polar surface area (TPSA) is 270 Å². The maximum Gasteiger partial charge on any atom is 0.336 e. The fourth-order valence-corrected chi connectivity index (χ4v) is 3.74. The van der Waals surface area contributed by atoms with Gasteiger partial charge in [-0.2, -0.15) is 0 Å². The predicted molar refractivity (Wildman–Crippen MR) is 124 cm³/mol. The maximum absolute atomic E-state index is 11.6. The minimum Gasteiger partial charge on any atom is -0.744 e. The number of rotatable bonds is 4. The lowest BCUT2D eigenvalue weighted by Gasteiger charge is -2.15. The van der Waals surface area contributed by atoms with Crippen molar-refractivity contribution in [2.45, 2.75) is 9.79 Å². The van der Waals surface area contributed by atoms with E-state index in [-0.39, 0.29) is 27.3 Å². The fraction of sp³-hybridized carbons (Fsp3) is 0. The molecule has 0 spiro atoms. The van der Waals surface area contributed by atoms with E-state index in [1.165, 1.54) is 36.4 Å². The Balaban J connectivity index is 0.000000629. The van der Waals surface area contributed by atoms with Crippen molar-refractivity contribution in [1.82, 2.24) is 0 Å². The number of benzene rings is 3. The fourth-order valence-electron chi connectivity index (χ4n) is 2.58. The summed E-state index contributed by atoms with van der Waals surface area (Å²) < 4.78 is 67.8. The highest BCUT2D eigenvalue weighted by Gasteiger charge is 2.13. The molecule has 12 nitrogen and oxygen atoms in total.